The summed E-state index contributed by atoms with van der Waals surface area (Å²) in [5.41, 5.74) is 7.64. The highest BCUT2D eigenvalue weighted by molar-refractivity contribution is 9.10. The molecular formula is C16H14BrNS. The number of thiophene rings is 1. The number of halogens is 1. The molecule has 0 saturated heterocycles. The van der Waals surface area contributed by atoms with Gasteiger partial charge in [-0.2, -0.15) is 0 Å². The fraction of sp³-hybridized carbons (Fsp3) is 0.125. The highest BCUT2D eigenvalue weighted by Gasteiger charge is 2.11. The van der Waals surface area contributed by atoms with Crippen molar-refractivity contribution in [2.75, 3.05) is 0 Å². The molecule has 1 heterocycles. The van der Waals surface area contributed by atoms with E-state index in [0.717, 1.165) is 10.9 Å². The largest absolute Gasteiger partial charge is 0.323 e. The summed E-state index contributed by atoms with van der Waals surface area (Å²) in [6.07, 6.45) is 0.869. The van der Waals surface area contributed by atoms with Crippen molar-refractivity contribution >= 4 is 38.0 Å². The van der Waals surface area contributed by atoms with Crippen LogP contribution in [-0.4, -0.2) is 0 Å². The number of nitrogens with two attached hydrogens (primary N) is 1. The van der Waals surface area contributed by atoms with Gasteiger partial charge in [0, 0.05) is 20.8 Å². The molecule has 0 aliphatic heterocycles. The molecule has 2 N–H and O–H groups in total. The molecule has 19 heavy (non-hydrogen) atoms. The zero-order valence-corrected chi connectivity index (χ0v) is 12.7. The third-order valence-electron chi connectivity index (χ3n) is 3.27. The van der Waals surface area contributed by atoms with Crippen molar-refractivity contribution in [1.82, 2.24) is 0 Å². The summed E-state index contributed by atoms with van der Waals surface area (Å²) in [5, 5.41) is 4.66. The number of benzene rings is 2. The van der Waals surface area contributed by atoms with Crippen molar-refractivity contribution in [3.63, 3.8) is 0 Å². The number of hydrogen-bond acceptors (Lipinski definition) is 2. The Morgan fingerprint density at radius 2 is 1.89 bits per heavy atom. The lowest BCUT2D eigenvalue weighted by Gasteiger charge is -2.12. The van der Waals surface area contributed by atoms with Crippen LogP contribution in [0.15, 0.2) is 58.4 Å². The minimum Gasteiger partial charge on any atom is -0.323 e. The lowest BCUT2D eigenvalue weighted by atomic mass is 9.98. The van der Waals surface area contributed by atoms with Crippen LogP contribution in [-0.2, 0) is 6.42 Å². The molecule has 0 spiro atoms. The van der Waals surface area contributed by atoms with Gasteiger partial charge in [-0.05, 0) is 44.8 Å². The van der Waals surface area contributed by atoms with E-state index in [-0.39, 0.29) is 6.04 Å². The first kappa shape index (κ1) is 12.9. The Kier molecular flexibility index (Phi) is 3.69. The molecule has 0 aliphatic rings. The fourth-order valence-corrected chi connectivity index (χ4v) is 3.78. The van der Waals surface area contributed by atoms with E-state index in [1.54, 1.807) is 11.3 Å². The summed E-state index contributed by atoms with van der Waals surface area (Å²) in [6.45, 7) is 0. The van der Waals surface area contributed by atoms with Gasteiger partial charge >= 0.3 is 0 Å². The quantitative estimate of drug-likeness (QED) is 0.725. The third-order valence-corrected chi connectivity index (χ3v) is 5.10. The zero-order valence-electron chi connectivity index (χ0n) is 10.3. The Morgan fingerprint density at radius 3 is 2.68 bits per heavy atom. The van der Waals surface area contributed by atoms with Gasteiger partial charge in [0.2, 0.25) is 0 Å². The summed E-state index contributed by atoms with van der Waals surface area (Å²) in [4.78, 5) is 1.22. The van der Waals surface area contributed by atoms with Crippen LogP contribution in [0.25, 0.3) is 10.8 Å². The SMILES string of the molecule is NC(Cc1cccc2ccccc12)c1cc(Br)cs1. The van der Waals surface area contributed by atoms with E-state index in [0.29, 0.717) is 0 Å². The molecule has 3 rings (SSSR count). The molecule has 1 unspecified atom stereocenters. The second-order valence-corrected chi connectivity index (χ2v) is 6.47. The van der Waals surface area contributed by atoms with E-state index >= 15 is 0 Å². The molecule has 0 amide bonds. The van der Waals surface area contributed by atoms with Gasteiger partial charge in [0.25, 0.3) is 0 Å². The molecular weight excluding hydrogens is 318 g/mol. The first-order valence-corrected chi connectivity index (χ1v) is 7.87. The van der Waals surface area contributed by atoms with Gasteiger partial charge in [-0.1, -0.05) is 42.5 Å². The average molecular weight is 332 g/mol. The smallest absolute Gasteiger partial charge is 0.0431 e. The summed E-state index contributed by atoms with van der Waals surface area (Å²) in [6, 6.07) is 17.1. The van der Waals surface area contributed by atoms with Gasteiger partial charge in [0.15, 0.2) is 0 Å². The summed E-state index contributed by atoms with van der Waals surface area (Å²) in [7, 11) is 0. The van der Waals surface area contributed by atoms with Gasteiger partial charge in [0.1, 0.15) is 0 Å². The second-order valence-electron chi connectivity index (χ2n) is 4.62. The number of fused-ring (bicyclic) bond motifs is 1. The van der Waals surface area contributed by atoms with Crippen molar-refractivity contribution in [2.45, 2.75) is 12.5 Å². The maximum atomic E-state index is 6.32. The molecule has 3 aromatic rings. The summed E-state index contributed by atoms with van der Waals surface area (Å²) >= 11 is 5.19. The maximum Gasteiger partial charge on any atom is 0.0431 e. The molecule has 0 bridgehead atoms. The van der Waals surface area contributed by atoms with Crippen molar-refractivity contribution in [3.8, 4) is 0 Å². The third kappa shape index (κ3) is 2.73. The molecule has 0 fully saturated rings. The van der Waals surface area contributed by atoms with Crippen molar-refractivity contribution in [2.24, 2.45) is 5.73 Å². The molecule has 2 aromatic carbocycles. The Hall–Kier alpha value is -1.16. The lowest BCUT2D eigenvalue weighted by molar-refractivity contribution is 0.740. The van der Waals surface area contributed by atoms with Crippen molar-refractivity contribution in [1.29, 1.82) is 0 Å². The molecule has 0 aliphatic carbocycles. The predicted molar refractivity (Wildman–Crippen MR) is 86.6 cm³/mol. The van der Waals surface area contributed by atoms with E-state index in [1.807, 2.05) is 0 Å². The fourth-order valence-electron chi connectivity index (χ4n) is 2.33. The van der Waals surface area contributed by atoms with E-state index < -0.39 is 0 Å². The van der Waals surface area contributed by atoms with Gasteiger partial charge in [0.05, 0.1) is 0 Å². The van der Waals surface area contributed by atoms with Crippen LogP contribution >= 0.6 is 27.3 Å². The Bertz CT molecular complexity index is 699. The zero-order chi connectivity index (χ0) is 13.2. The van der Waals surface area contributed by atoms with Crippen molar-refractivity contribution < 1.29 is 0 Å². The highest BCUT2D eigenvalue weighted by Crippen LogP contribution is 2.28. The minimum atomic E-state index is 0.0575. The predicted octanol–water partition coefficient (Wildman–Crippen LogP) is 4.91. The maximum absolute atomic E-state index is 6.32. The molecule has 96 valence electrons. The first-order valence-electron chi connectivity index (χ1n) is 6.20. The average Bonchev–Trinajstić information content (AvgIpc) is 2.86. The van der Waals surface area contributed by atoms with E-state index in [2.05, 4.69) is 69.8 Å². The molecule has 1 nitrogen and oxygen atoms in total. The van der Waals surface area contributed by atoms with Crippen LogP contribution in [0, 0.1) is 0 Å². The van der Waals surface area contributed by atoms with Gasteiger partial charge < -0.3 is 5.73 Å². The standard InChI is InChI=1S/C16H14BrNS/c17-13-9-16(19-10-13)15(18)8-12-6-3-5-11-4-1-2-7-14(11)12/h1-7,9-10,15H,8,18H2. The van der Waals surface area contributed by atoms with E-state index in [4.69, 9.17) is 5.73 Å². The topological polar surface area (TPSA) is 26.0 Å². The van der Waals surface area contributed by atoms with Gasteiger partial charge in [-0.25, -0.2) is 0 Å². The monoisotopic (exact) mass is 331 g/mol. The number of hydrogen-bond donors (Lipinski definition) is 1. The Labute approximate surface area is 125 Å². The van der Waals surface area contributed by atoms with Gasteiger partial charge in [-0.15, -0.1) is 11.3 Å². The van der Waals surface area contributed by atoms with E-state index in [9.17, 15) is 0 Å². The molecule has 0 radical (unpaired) electrons. The van der Waals surface area contributed by atoms with Crippen LogP contribution in [0.5, 0.6) is 0 Å². The van der Waals surface area contributed by atoms with E-state index in [1.165, 1.54) is 21.2 Å². The minimum absolute atomic E-state index is 0.0575. The normalized spacial score (nSPS) is 12.7. The Balaban J connectivity index is 1.93. The van der Waals surface area contributed by atoms with Crippen molar-refractivity contribution in [3.05, 3.63) is 68.8 Å². The molecule has 3 heteroatoms. The highest BCUT2D eigenvalue weighted by atomic mass is 79.9. The number of rotatable bonds is 3. The van der Waals surface area contributed by atoms with Crippen LogP contribution < -0.4 is 5.73 Å². The lowest BCUT2D eigenvalue weighted by Crippen LogP contribution is -2.11. The van der Waals surface area contributed by atoms with Crippen LogP contribution in [0.3, 0.4) is 0 Å². The van der Waals surface area contributed by atoms with Crippen LogP contribution in [0.4, 0.5) is 0 Å². The molecule has 1 atom stereocenters. The molecule has 0 saturated carbocycles. The second kappa shape index (κ2) is 5.45. The summed E-state index contributed by atoms with van der Waals surface area (Å²) < 4.78 is 1.11. The van der Waals surface area contributed by atoms with Crippen LogP contribution in [0.2, 0.25) is 0 Å². The van der Waals surface area contributed by atoms with Crippen LogP contribution in [0.1, 0.15) is 16.5 Å². The molecule has 1 aromatic heterocycles. The summed E-state index contributed by atoms with van der Waals surface area (Å²) in [5.74, 6) is 0. The van der Waals surface area contributed by atoms with Gasteiger partial charge in [-0.3, -0.25) is 0 Å². The Morgan fingerprint density at radius 1 is 1.11 bits per heavy atom. The first-order chi connectivity index (χ1) is 9.24.